The van der Waals surface area contributed by atoms with Crippen LogP contribution >= 0.6 is 0 Å². The summed E-state index contributed by atoms with van der Waals surface area (Å²) in [6.07, 6.45) is 6.82. The number of carbonyl (C=O) groups is 2. The molecule has 3 aliphatic carbocycles. The quantitative estimate of drug-likeness (QED) is 0.431. The number of nitrogens with zero attached hydrogens (tertiary/aromatic N) is 1. The average molecular weight is 203 g/mol. The molecule has 3 heteroatoms. The molecule has 78 valence electrons. The highest BCUT2D eigenvalue weighted by molar-refractivity contribution is 6.06. The van der Waals surface area contributed by atoms with Gasteiger partial charge in [-0.05, 0) is 30.1 Å². The fourth-order valence-corrected chi connectivity index (χ4v) is 4.23. The topological polar surface area (TPSA) is 37.4 Å². The van der Waals surface area contributed by atoms with Crippen LogP contribution in [0.1, 0.15) is 12.8 Å². The minimum atomic E-state index is -0.0139. The fraction of sp³-hybridized carbons (Fsp3) is 0.667. The van der Waals surface area contributed by atoms with Crippen LogP contribution < -0.4 is 0 Å². The number of imide groups is 1. The molecule has 15 heavy (non-hydrogen) atoms. The highest BCUT2D eigenvalue weighted by atomic mass is 16.2. The van der Waals surface area contributed by atoms with Crippen LogP contribution in [0, 0.1) is 29.1 Å². The van der Waals surface area contributed by atoms with E-state index in [0.29, 0.717) is 17.3 Å². The fourth-order valence-electron chi connectivity index (χ4n) is 4.23. The van der Waals surface area contributed by atoms with E-state index in [9.17, 15) is 9.59 Å². The van der Waals surface area contributed by atoms with Crippen molar-refractivity contribution < 1.29 is 9.59 Å². The highest BCUT2D eigenvalue weighted by Crippen LogP contribution is 2.73. The van der Waals surface area contributed by atoms with E-state index in [2.05, 4.69) is 12.2 Å². The Morgan fingerprint density at radius 3 is 2.00 bits per heavy atom. The second-order valence-corrected chi connectivity index (χ2v) is 5.46. The molecule has 3 nitrogen and oxygen atoms in total. The summed E-state index contributed by atoms with van der Waals surface area (Å²) in [5, 5.41) is 0. The number of fused-ring (bicyclic) bond motifs is 3. The Bertz CT molecular complexity index is 387. The number of hydrogen-bond acceptors (Lipinski definition) is 2. The van der Waals surface area contributed by atoms with Crippen LogP contribution in [0.5, 0.6) is 0 Å². The Balaban J connectivity index is 1.87. The molecule has 3 fully saturated rings. The number of amides is 2. The van der Waals surface area contributed by atoms with E-state index < -0.39 is 0 Å². The molecule has 1 spiro atoms. The normalized spacial score (nSPS) is 48.2. The van der Waals surface area contributed by atoms with E-state index in [1.54, 1.807) is 7.05 Å². The van der Waals surface area contributed by atoms with Gasteiger partial charge in [-0.1, -0.05) is 12.2 Å². The summed E-state index contributed by atoms with van der Waals surface area (Å²) >= 11 is 0. The van der Waals surface area contributed by atoms with Gasteiger partial charge < -0.3 is 0 Å². The largest absolute Gasteiger partial charge is 0.285 e. The molecular formula is C12H13NO2. The van der Waals surface area contributed by atoms with Gasteiger partial charge in [-0.2, -0.15) is 0 Å². The molecule has 0 radical (unpaired) electrons. The Morgan fingerprint density at radius 1 is 1.13 bits per heavy atom. The Morgan fingerprint density at radius 2 is 1.60 bits per heavy atom. The van der Waals surface area contributed by atoms with Gasteiger partial charge in [0.15, 0.2) is 0 Å². The van der Waals surface area contributed by atoms with Crippen molar-refractivity contribution >= 4 is 11.8 Å². The van der Waals surface area contributed by atoms with Crippen molar-refractivity contribution in [2.24, 2.45) is 29.1 Å². The van der Waals surface area contributed by atoms with Crippen molar-refractivity contribution in [3.8, 4) is 0 Å². The molecular weight excluding hydrogens is 190 g/mol. The van der Waals surface area contributed by atoms with Crippen molar-refractivity contribution in [2.45, 2.75) is 12.8 Å². The van der Waals surface area contributed by atoms with Gasteiger partial charge in [0, 0.05) is 7.05 Å². The second kappa shape index (κ2) is 2.04. The summed E-state index contributed by atoms with van der Waals surface area (Å²) in [5.41, 5.74) is 0.335. The van der Waals surface area contributed by atoms with Crippen LogP contribution in [0.15, 0.2) is 12.2 Å². The van der Waals surface area contributed by atoms with Gasteiger partial charge in [-0.3, -0.25) is 14.5 Å². The molecule has 1 saturated heterocycles. The van der Waals surface area contributed by atoms with Crippen LogP contribution in [-0.2, 0) is 9.59 Å². The molecule has 0 aromatic rings. The zero-order valence-corrected chi connectivity index (χ0v) is 8.64. The predicted octanol–water partition coefficient (Wildman–Crippen LogP) is 0.813. The number of carbonyl (C=O) groups excluding carboxylic acids is 2. The van der Waals surface area contributed by atoms with Crippen LogP contribution in [0.3, 0.4) is 0 Å². The predicted molar refractivity (Wildman–Crippen MR) is 52.5 cm³/mol. The molecule has 0 N–H and O–H groups in total. The lowest BCUT2D eigenvalue weighted by molar-refractivity contribution is -0.139. The summed E-state index contributed by atoms with van der Waals surface area (Å²) in [6, 6.07) is 0. The van der Waals surface area contributed by atoms with Crippen LogP contribution in [0.25, 0.3) is 0 Å². The molecule has 2 saturated carbocycles. The Labute approximate surface area is 88.1 Å². The number of hydrogen-bond donors (Lipinski definition) is 0. The zero-order chi connectivity index (χ0) is 10.4. The Kier molecular flexibility index (Phi) is 1.10. The van der Waals surface area contributed by atoms with Gasteiger partial charge in [0.2, 0.25) is 11.8 Å². The van der Waals surface area contributed by atoms with Gasteiger partial charge in [-0.15, -0.1) is 0 Å². The van der Waals surface area contributed by atoms with Gasteiger partial charge >= 0.3 is 0 Å². The lowest BCUT2D eigenvalue weighted by Gasteiger charge is -2.18. The van der Waals surface area contributed by atoms with Gasteiger partial charge in [0.1, 0.15) is 0 Å². The number of allylic oxidation sites excluding steroid dienone is 2. The van der Waals surface area contributed by atoms with Crippen LogP contribution in [0.4, 0.5) is 0 Å². The maximum atomic E-state index is 12.0. The first-order valence-corrected chi connectivity index (χ1v) is 5.66. The third kappa shape index (κ3) is 0.638. The number of likely N-dealkylation sites (tertiary alicyclic amines) is 1. The van der Waals surface area contributed by atoms with E-state index in [0.717, 1.165) is 0 Å². The first kappa shape index (κ1) is 8.08. The second-order valence-electron chi connectivity index (χ2n) is 5.46. The molecule has 1 heterocycles. The van der Waals surface area contributed by atoms with Crippen molar-refractivity contribution in [3.63, 3.8) is 0 Å². The van der Waals surface area contributed by atoms with Gasteiger partial charge in [-0.25, -0.2) is 0 Å². The summed E-state index contributed by atoms with van der Waals surface area (Å²) in [6.45, 7) is 0. The molecule has 1 aliphatic heterocycles. The van der Waals surface area contributed by atoms with Crippen molar-refractivity contribution in [1.29, 1.82) is 0 Å². The molecule has 4 aliphatic rings. The smallest absolute Gasteiger partial charge is 0.233 e. The first-order chi connectivity index (χ1) is 7.17. The van der Waals surface area contributed by atoms with Crippen molar-refractivity contribution in [2.75, 3.05) is 7.05 Å². The molecule has 0 aromatic heterocycles. The third-order valence-electron chi connectivity index (χ3n) is 5.07. The van der Waals surface area contributed by atoms with Gasteiger partial charge in [0.05, 0.1) is 11.8 Å². The zero-order valence-electron chi connectivity index (χ0n) is 8.64. The molecule has 2 amide bonds. The number of rotatable bonds is 0. The monoisotopic (exact) mass is 203 g/mol. The minimum absolute atomic E-state index is 0.0139. The summed E-state index contributed by atoms with van der Waals surface area (Å²) in [5.74, 6) is 0.837. The van der Waals surface area contributed by atoms with E-state index in [1.807, 2.05) is 0 Å². The minimum Gasteiger partial charge on any atom is -0.285 e. The molecule has 2 bridgehead atoms. The van der Waals surface area contributed by atoms with Crippen LogP contribution in [0.2, 0.25) is 0 Å². The highest BCUT2D eigenvalue weighted by Gasteiger charge is 2.72. The lowest BCUT2D eigenvalue weighted by atomic mass is 9.85. The van der Waals surface area contributed by atoms with Crippen molar-refractivity contribution in [3.05, 3.63) is 12.2 Å². The van der Waals surface area contributed by atoms with E-state index in [4.69, 9.17) is 0 Å². The summed E-state index contributed by atoms with van der Waals surface area (Å²) in [4.78, 5) is 25.3. The first-order valence-electron chi connectivity index (χ1n) is 5.66. The molecule has 4 atom stereocenters. The van der Waals surface area contributed by atoms with Crippen LogP contribution in [-0.4, -0.2) is 23.8 Å². The Hall–Kier alpha value is -1.12. The SMILES string of the molecule is CN1C(=O)[C@@H]2[C@H](C1=O)[C@H]1C=C[C@@H]2C12CC2. The van der Waals surface area contributed by atoms with E-state index >= 15 is 0 Å². The standard InChI is InChI=1S/C12H13NO2/c1-13-10(14)8-6-2-3-7(9(8)11(13)15)12(6)4-5-12/h2-3,6-9H,4-5H2,1H3/t6-,7+,8-,9+. The summed E-state index contributed by atoms with van der Waals surface area (Å²) in [7, 11) is 1.63. The molecule has 4 rings (SSSR count). The molecule has 0 unspecified atom stereocenters. The summed E-state index contributed by atoms with van der Waals surface area (Å²) < 4.78 is 0. The van der Waals surface area contributed by atoms with E-state index in [-0.39, 0.29) is 23.7 Å². The van der Waals surface area contributed by atoms with Gasteiger partial charge in [0.25, 0.3) is 0 Å². The van der Waals surface area contributed by atoms with E-state index in [1.165, 1.54) is 17.7 Å². The maximum absolute atomic E-state index is 12.0. The van der Waals surface area contributed by atoms with Crippen molar-refractivity contribution in [1.82, 2.24) is 4.90 Å². The average Bonchev–Trinajstić information content (AvgIpc) is 2.85. The molecule has 0 aromatic carbocycles. The lowest BCUT2D eigenvalue weighted by Crippen LogP contribution is -2.31. The third-order valence-corrected chi connectivity index (χ3v) is 5.07. The maximum Gasteiger partial charge on any atom is 0.233 e.